The maximum atomic E-state index is 12.6. The van der Waals surface area contributed by atoms with E-state index in [-0.39, 0.29) is 17.4 Å². The predicted molar refractivity (Wildman–Crippen MR) is 94.7 cm³/mol. The van der Waals surface area contributed by atoms with Crippen LogP contribution in [0, 0.1) is 18.3 Å². The van der Waals surface area contributed by atoms with Gasteiger partial charge >= 0.3 is 0 Å². The van der Waals surface area contributed by atoms with E-state index in [2.05, 4.69) is 16.0 Å². The van der Waals surface area contributed by atoms with E-state index in [0.717, 1.165) is 10.8 Å². The molecule has 24 heavy (non-hydrogen) atoms. The van der Waals surface area contributed by atoms with Crippen molar-refractivity contribution in [2.45, 2.75) is 24.8 Å². The summed E-state index contributed by atoms with van der Waals surface area (Å²) >= 11 is 0. The number of fused-ring (bicyclic) bond motifs is 1. The molecule has 1 amide bonds. The number of benzene rings is 2. The maximum absolute atomic E-state index is 12.6. The van der Waals surface area contributed by atoms with Gasteiger partial charge in [-0.05, 0) is 28.8 Å². The molecule has 5 nitrogen and oxygen atoms in total. The largest absolute Gasteiger partial charge is 0.344 e. The van der Waals surface area contributed by atoms with Gasteiger partial charge in [0.05, 0.1) is 11.4 Å². The number of sulfonamides is 1. The Labute approximate surface area is 142 Å². The van der Waals surface area contributed by atoms with E-state index in [1.807, 2.05) is 24.3 Å². The summed E-state index contributed by atoms with van der Waals surface area (Å²) in [6, 6.07) is 11.4. The standard InChI is InChI=1S/C18H20N2O3S/c1-4-11-19-18(21)17(13(2)3)20-24(22,23)16-10-9-14-7-5-6-8-15(14)12-16/h1,5-10,12-13,17,20H,11H2,2-3H3,(H,19,21). The van der Waals surface area contributed by atoms with Crippen LogP contribution >= 0.6 is 0 Å². The van der Waals surface area contributed by atoms with Gasteiger partial charge in [0.2, 0.25) is 15.9 Å². The second-order valence-electron chi connectivity index (χ2n) is 5.77. The first-order valence-electron chi connectivity index (χ1n) is 7.57. The lowest BCUT2D eigenvalue weighted by atomic mass is 10.1. The first kappa shape index (κ1) is 18.0. The summed E-state index contributed by atoms with van der Waals surface area (Å²) in [5, 5.41) is 4.28. The zero-order valence-corrected chi connectivity index (χ0v) is 14.4. The molecule has 0 spiro atoms. The molecule has 1 atom stereocenters. The summed E-state index contributed by atoms with van der Waals surface area (Å²) in [5.74, 6) is 1.64. The molecule has 0 aliphatic heterocycles. The highest BCUT2D eigenvalue weighted by atomic mass is 32.2. The highest BCUT2D eigenvalue weighted by Gasteiger charge is 2.28. The molecule has 0 bridgehead atoms. The third-order valence-corrected chi connectivity index (χ3v) is 5.07. The fourth-order valence-corrected chi connectivity index (χ4v) is 3.69. The van der Waals surface area contributed by atoms with Crippen LogP contribution in [-0.2, 0) is 14.8 Å². The molecule has 2 aromatic carbocycles. The molecule has 0 saturated heterocycles. The zero-order chi connectivity index (χ0) is 17.7. The molecular weight excluding hydrogens is 324 g/mol. The number of carbonyl (C=O) groups excluding carboxylic acids is 1. The molecule has 0 aromatic heterocycles. The van der Waals surface area contributed by atoms with Gasteiger partial charge in [0.1, 0.15) is 6.04 Å². The van der Waals surface area contributed by atoms with Gasteiger partial charge in [0.15, 0.2) is 0 Å². The van der Waals surface area contributed by atoms with Gasteiger partial charge in [0, 0.05) is 0 Å². The molecule has 0 radical (unpaired) electrons. The first-order valence-corrected chi connectivity index (χ1v) is 9.06. The van der Waals surface area contributed by atoms with Crippen LogP contribution in [0.3, 0.4) is 0 Å². The average Bonchev–Trinajstić information content (AvgIpc) is 2.56. The second-order valence-corrected chi connectivity index (χ2v) is 7.49. The number of amides is 1. The summed E-state index contributed by atoms with van der Waals surface area (Å²) in [7, 11) is -3.83. The van der Waals surface area contributed by atoms with Crippen LogP contribution in [0.2, 0.25) is 0 Å². The number of carbonyl (C=O) groups is 1. The molecule has 2 N–H and O–H groups in total. The van der Waals surface area contributed by atoms with E-state index in [9.17, 15) is 13.2 Å². The Kier molecular flexibility index (Phi) is 5.60. The van der Waals surface area contributed by atoms with E-state index in [1.165, 1.54) is 6.07 Å². The third-order valence-electron chi connectivity index (χ3n) is 3.63. The molecular formula is C18H20N2O3S. The van der Waals surface area contributed by atoms with Crippen molar-refractivity contribution < 1.29 is 13.2 Å². The van der Waals surface area contributed by atoms with Crippen LogP contribution in [-0.4, -0.2) is 26.9 Å². The fraction of sp³-hybridized carbons (Fsp3) is 0.278. The van der Waals surface area contributed by atoms with Crippen LogP contribution in [0.25, 0.3) is 10.8 Å². The minimum atomic E-state index is -3.83. The Balaban J connectivity index is 2.30. The van der Waals surface area contributed by atoms with Crippen LogP contribution in [0.5, 0.6) is 0 Å². The summed E-state index contributed by atoms with van der Waals surface area (Å²) in [6.45, 7) is 3.59. The molecule has 126 valence electrons. The van der Waals surface area contributed by atoms with Gasteiger partial charge < -0.3 is 5.32 Å². The molecule has 0 heterocycles. The molecule has 0 saturated carbocycles. The van der Waals surface area contributed by atoms with Crippen LogP contribution in [0.4, 0.5) is 0 Å². The van der Waals surface area contributed by atoms with Gasteiger partial charge in [0.25, 0.3) is 0 Å². The molecule has 2 aromatic rings. The lowest BCUT2D eigenvalue weighted by Gasteiger charge is -2.21. The number of nitrogens with one attached hydrogen (secondary N) is 2. The average molecular weight is 344 g/mol. The van der Waals surface area contributed by atoms with Gasteiger partial charge in [-0.3, -0.25) is 4.79 Å². The van der Waals surface area contributed by atoms with Crippen LogP contribution in [0.1, 0.15) is 13.8 Å². The normalized spacial score (nSPS) is 12.8. The number of rotatable bonds is 6. The Morgan fingerprint density at radius 2 is 1.83 bits per heavy atom. The van der Waals surface area contributed by atoms with Gasteiger partial charge in [-0.25, -0.2) is 8.42 Å². The van der Waals surface area contributed by atoms with Crippen molar-refractivity contribution in [3.05, 3.63) is 42.5 Å². The molecule has 0 fully saturated rings. The van der Waals surface area contributed by atoms with Crippen LogP contribution in [0.15, 0.2) is 47.4 Å². The summed E-state index contributed by atoms with van der Waals surface area (Å²) in [6.07, 6.45) is 5.12. The summed E-state index contributed by atoms with van der Waals surface area (Å²) in [4.78, 5) is 12.3. The van der Waals surface area contributed by atoms with E-state index in [1.54, 1.807) is 26.0 Å². The Morgan fingerprint density at radius 3 is 2.46 bits per heavy atom. The van der Waals surface area contributed by atoms with E-state index < -0.39 is 22.0 Å². The lowest BCUT2D eigenvalue weighted by molar-refractivity contribution is -0.123. The van der Waals surface area contributed by atoms with Crippen molar-refractivity contribution >= 4 is 26.7 Å². The monoisotopic (exact) mass is 344 g/mol. The van der Waals surface area contributed by atoms with Crippen molar-refractivity contribution in [1.29, 1.82) is 0 Å². The van der Waals surface area contributed by atoms with Crippen molar-refractivity contribution in [3.8, 4) is 12.3 Å². The predicted octanol–water partition coefficient (Wildman–Crippen LogP) is 1.89. The Hall–Kier alpha value is -2.36. The lowest BCUT2D eigenvalue weighted by Crippen LogP contribution is -2.49. The smallest absolute Gasteiger partial charge is 0.241 e. The highest BCUT2D eigenvalue weighted by Crippen LogP contribution is 2.19. The SMILES string of the molecule is C#CCNC(=O)C(NS(=O)(=O)c1ccc2ccccc2c1)C(C)C. The topological polar surface area (TPSA) is 75.3 Å². The first-order chi connectivity index (χ1) is 11.3. The fourth-order valence-electron chi connectivity index (χ4n) is 2.31. The highest BCUT2D eigenvalue weighted by molar-refractivity contribution is 7.89. The van der Waals surface area contributed by atoms with E-state index in [0.29, 0.717) is 0 Å². The van der Waals surface area contributed by atoms with E-state index >= 15 is 0 Å². The number of hydrogen-bond acceptors (Lipinski definition) is 3. The zero-order valence-electron chi connectivity index (χ0n) is 13.6. The molecule has 6 heteroatoms. The van der Waals surface area contributed by atoms with E-state index in [4.69, 9.17) is 6.42 Å². The van der Waals surface area contributed by atoms with Crippen molar-refractivity contribution in [3.63, 3.8) is 0 Å². The van der Waals surface area contributed by atoms with Crippen molar-refractivity contribution in [2.24, 2.45) is 5.92 Å². The second kappa shape index (κ2) is 7.47. The summed E-state index contributed by atoms with van der Waals surface area (Å²) in [5.41, 5.74) is 0. The minimum absolute atomic E-state index is 0.0553. The van der Waals surface area contributed by atoms with Gasteiger partial charge in [-0.2, -0.15) is 4.72 Å². The van der Waals surface area contributed by atoms with Crippen LogP contribution < -0.4 is 10.0 Å². The molecule has 2 rings (SSSR count). The maximum Gasteiger partial charge on any atom is 0.241 e. The van der Waals surface area contributed by atoms with Crippen molar-refractivity contribution in [1.82, 2.24) is 10.0 Å². The molecule has 1 unspecified atom stereocenters. The quantitative estimate of drug-likeness (QED) is 0.786. The van der Waals surface area contributed by atoms with Gasteiger partial charge in [-0.1, -0.05) is 50.1 Å². The molecule has 0 aliphatic rings. The van der Waals surface area contributed by atoms with Crippen molar-refractivity contribution in [2.75, 3.05) is 6.54 Å². The number of hydrogen-bond donors (Lipinski definition) is 2. The third kappa shape index (κ3) is 4.13. The minimum Gasteiger partial charge on any atom is -0.344 e. The molecule has 0 aliphatic carbocycles. The Bertz CT molecular complexity index is 883. The number of terminal acetylenes is 1. The van der Waals surface area contributed by atoms with Gasteiger partial charge in [-0.15, -0.1) is 6.42 Å². The summed E-state index contributed by atoms with van der Waals surface area (Å²) < 4.78 is 27.7. The Morgan fingerprint density at radius 1 is 1.17 bits per heavy atom.